The van der Waals surface area contributed by atoms with Gasteiger partial charge in [0.15, 0.2) is 0 Å². The maximum atomic E-state index is 12.7. The van der Waals surface area contributed by atoms with Crippen LogP contribution in [0.25, 0.3) is 0 Å². The van der Waals surface area contributed by atoms with Gasteiger partial charge in [-0.1, -0.05) is 13.8 Å². The lowest BCUT2D eigenvalue weighted by molar-refractivity contribution is -0.140. The second kappa shape index (κ2) is 5.92. The number of hydrogen-bond acceptors (Lipinski definition) is 2. The number of carbonyl (C=O) groups is 2. The van der Waals surface area contributed by atoms with Gasteiger partial charge in [-0.05, 0) is 25.8 Å². The Kier molecular flexibility index (Phi) is 4.40. The van der Waals surface area contributed by atoms with E-state index in [9.17, 15) is 9.59 Å². The van der Waals surface area contributed by atoms with Crippen molar-refractivity contribution in [1.82, 2.24) is 14.4 Å². The fourth-order valence-corrected chi connectivity index (χ4v) is 2.82. The molecule has 21 heavy (non-hydrogen) atoms. The molecule has 0 aromatic carbocycles. The minimum atomic E-state index is -0.385. The Labute approximate surface area is 126 Å². The van der Waals surface area contributed by atoms with Crippen LogP contribution in [0.4, 0.5) is 0 Å². The first-order valence-corrected chi connectivity index (χ1v) is 7.54. The number of piperazine rings is 1. The van der Waals surface area contributed by atoms with Gasteiger partial charge < -0.3 is 14.4 Å². The topological polar surface area (TPSA) is 45.6 Å². The molecule has 0 unspecified atom stereocenters. The van der Waals surface area contributed by atoms with Gasteiger partial charge in [0.25, 0.3) is 5.91 Å². The van der Waals surface area contributed by atoms with Crippen LogP contribution in [0.15, 0.2) is 12.3 Å². The third kappa shape index (κ3) is 2.96. The SMILES string of the molecule is Cc1c(C(=O)N2CCN(CC(C)C)C(=O)[C@H]2C)ccn1C. The zero-order valence-electron chi connectivity index (χ0n) is 13.6. The largest absolute Gasteiger partial charge is 0.354 e. The molecule has 0 saturated carbocycles. The Hall–Kier alpha value is -1.78. The first-order chi connectivity index (χ1) is 9.82. The van der Waals surface area contributed by atoms with E-state index in [1.165, 1.54) is 0 Å². The minimum absolute atomic E-state index is 0.0434. The van der Waals surface area contributed by atoms with E-state index >= 15 is 0 Å². The fourth-order valence-electron chi connectivity index (χ4n) is 2.82. The molecule has 116 valence electrons. The summed E-state index contributed by atoms with van der Waals surface area (Å²) in [5.74, 6) is 0.454. The van der Waals surface area contributed by atoms with Gasteiger partial charge in [0.1, 0.15) is 6.04 Å². The molecule has 2 amide bonds. The molecule has 0 bridgehead atoms. The van der Waals surface area contributed by atoms with E-state index in [4.69, 9.17) is 0 Å². The van der Waals surface area contributed by atoms with Crippen LogP contribution in [0.2, 0.25) is 0 Å². The molecular weight excluding hydrogens is 266 g/mol. The standard InChI is InChI=1S/C16H25N3O2/c1-11(2)10-18-8-9-19(13(4)15(18)20)16(21)14-6-7-17(5)12(14)3/h6-7,11,13H,8-10H2,1-5H3/t13-/m1/s1. The normalized spacial score (nSPS) is 19.5. The number of carbonyl (C=O) groups excluding carboxylic acids is 2. The average molecular weight is 291 g/mol. The summed E-state index contributed by atoms with van der Waals surface area (Å²) >= 11 is 0. The number of aryl methyl sites for hydroxylation is 1. The molecule has 0 N–H and O–H groups in total. The molecule has 2 rings (SSSR count). The van der Waals surface area contributed by atoms with Gasteiger partial charge in [-0.2, -0.15) is 0 Å². The smallest absolute Gasteiger partial charge is 0.256 e. The van der Waals surface area contributed by atoms with Crippen LogP contribution in [0.3, 0.4) is 0 Å². The third-order valence-electron chi connectivity index (χ3n) is 4.21. The highest BCUT2D eigenvalue weighted by molar-refractivity contribution is 5.99. The Bertz CT molecular complexity index is 548. The van der Waals surface area contributed by atoms with Gasteiger partial charge in [-0.25, -0.2) is 0 Å². The summed E-state index contributed by atoms with van der Waals surface area (Å²) < 4.78 is 1.93. The Morgan fingerprint density at radius 1 is 1.38 bits per heavy atom. The van der Waals surface area contributed by atoms with Gasteiger partial charge >= 0.3 is 0 Å². The maximum Gasteiger partial charge on any atom is 0.256 e. The summed E-state index contributed by atoms with van der Waals surface area (Å²) in [5, 5.41) is 0. The van der Waals surface area contributed by atoms with Crippen LogP contribution >= 0.6 is 0 Å². The quantitative estimate of drug-likeness (QED) is 0.850. The molecule has 1 fully saturated rings. The molecule has 1 aromatic rings. The number of amides is 2. The molecule has 0 aliphatic carbocycles. The monoisotopic (exact) mass is 291 g/mol. The summed E-state index contributed by atoms with van der Waals surface area (Å²) in [7, 11) is 1.92. The van der Waals surface area contributed by atoms with Crippen LogP contribution in [0.5, 0.6) is 0 Å². The lowest BCUT2D eigenvalue weighted by Gasteiger charge is -2.39. The number of hydrogen-bond donors (Lipinski definition) is 0. The van der Waals surface area contributed by atoms with Crippen molar-refractivity contribution in [3.63, 3.8) is 0 Å². The van der Waals surface area contributed by atoms with E-state index in [-0.39, 0.29) is 17.9 Å². The van der Waals surface area contributed by atoms with E-state index in [0.717, 1.165) is 12.2 Å². The van der Waals surface area contributed by atoms with Crippen molar-refractivity contribution >= 4 is 11.8 Å². The van der Waals surface area contributed by atoms with Crippen molar-refractivity contribution in [3.8, 4) is 0 Å². The molecule has 5 heteroatoms. The molecule has 2 heterocycles. The predicted octanol–water partition coefficient (Wildman–Crippen LogP) is 1.66. The van der Waals surface area contributed by atoms with Gasteiger partial charge in [-0.3, -0.25) is 9.59 Å². The van der Waals surface area contributed by atoms with Crippen LogP contribution in [0, 0.1) is 12.8 Å². The summed E-state index contributed by atoms with van der Waals surface area (Å²) in [6.45, 7) is 9.94. The Morgan fingerprint density at radius 3 is 2.57 bits per heavy atom. The second-order valence-electron chi connectivity index (χ2n) is 6.28. The molecule has 0 radical (unpaired) electrons. The fraction of sp³-hybridized carbons (Fsp3) is 0.625. The second-order valence-corrected chi connectivity index (χ2v) is 6.28. The molecule has 0 spiro atoms. The van der Waals surface area contributed by atoms with Crippen LogP contribution in [-0.4, -0.2) is 51.9 Å². The van der Waals surface area contributed by atoms with Crippen molar-refractivity contribution in [1.29, 1.82) is 0 Å². The van der Waals surface area contributed by atoms with Crippen molar-refractivity contribution in [2.45, 2.75) is 33.7 Å². The summed E-state index contributed by atoms with van der Waals surface area (Å²) in [6, 6.07) is 1.44. The lowest BCUT2D eigenvalue weighted by Crippen LogP contribution is -2.58. The van der Waals surface area contributed by atoms with Gasteiger partial charge in [-0.15, -0.1) is 0 Å². The third-order valence-corrected chi connectivity index (χ3v) is 4.21. The highest BCUT2D eigenvalue weighted by atomic mass is 16.2. The molecule has 5 nitrogen and oxygen atoms in total. The molecule has 1 aliphatic rings. The van der Waals surface area contributed by atoms with Crippen molar-refractivity contribution in [2.24, 2.45) is 13.0 Å². The van der Waals surface area contributed by atoms with Gasteiger partial charge in [0.2, 0.25) is 5.91 Å². The van der Waals surface area contributed by atoms with E-state index in [0.29, 0.717) is 24.6 Å². The molecule has 1 atom stereocenters. The van der Waals surface area contributed by atoms with Gasteiger partial charge in [0.05, 0.1) is 5.56 Å². The van der Waals surface area contributed by atoms with E-state index in [2.05, 4.69) is 13.8 Å². The zero-order chi connectivity index (χ0) is 15.7. The maximum absolute atomic E-state index is 12.7. The van der Waals surface area contributed by atoms with Crippen molar-refractivity contribution in [3.05, 3.63) is 23.5 Å². The van der Waals surface area contributed by atoms with E-state index < -0.39 is 0 Å². The number of aromatic nitrogens is 1. The molecule has 1 saturated heterocycles. The number of nitrogens with zero attached hydrogens (tertiary/aromatic N) is 3. The molecule has 1 aliphatic heterocycles. The first-order valence-electron chi connectivity index (χ1n) is 7.54. The number of rotatable bonds is 3. The Balaban J connectivity index is 2.14. The van der Waals surface area contributed by atoms with Gasteiger partial charge in [0, 0.05) is 38.6 Å². The highest BCUT2D eigenvalue weighted by Crippen LogP contribution is 2.18. The zero-order valence-corrected chi connectivity index (χ0v) is 13.6. The summed E-state index contributed by atoms with van der Waals surface area (Å²) in [4.78, 5) is 28.7. The Morgan fingerprint density at radius 2 is 2.05 bits per heavy atom. The van der Waals surface area contributed by atoms with E-state index in [1.54, 1.807) is 4.90 Å². The summed E-state index contributed by atoms with van der Waals surface area (Å²) in [6.07, 6.45) is 1.88. The molecular formula is C16H25N3O2. The highest BCUT2D eigenvalue weighted by Gasteiger charge is 2.35. The molecule has 1 aromatic heterocycles. The predicted molar refractivity (Wildman–Crippen MR) is 82.1 cm³/mol. The van der Waals surface area contributed by atoms with Crippen LogP contribution in [0.1, 0.15) is 36.8 Å². The van der Waals surface area contributed by atoms with Crippen LogP contribution < -0.4 is 0 Å². The van der Waals surface area contributed by atoms with Crippen molar-refractivity contribution < 1.29 is 9.59 Å². The lowest BCUT2D eigenvalue weighted by atomic mass is 10.1. The van der Waals surface area contributed by atoms with Crippen molar-refractivity contribution in [2.75, 3.05) is 19.6 Å². The minimum Gasteiger partial charge on any atom is -0.354 e. The first kappa shape index (κ1) is 15.6. The summed E-state index contributed by atoms with van der Waals surface area (Å²) in [5.41, 5.74) is 1.62. The van der Waals surface area contributed by atoms with E-state index in [1.807, 2.05) is 42.6 Å². The van der Waals surface area contributed by atoms with Crippen LogP contribution in [-0.2, 0) is 11.8 Å². The average Bonchev–Trinajstić information content (AvgIpc) is 2.75.